The van der Waals surface area contributed by atoms with Crippen LogP contribution in [0.4, 0.5) is 0 Å². The van der Waals surface area contributed by atoms with E-state index in [4.69, 9.17) is 0 Å². The summed E-state index contributed by atoms with van der Waals surface area (Å²) in [7, 11) is 0. The Morgan fingerprint density at radius 2 is 2.50 bits per heavy atom. The van der Waals surface area contributed by atoms with Crippen LogP contribution in [-0.4, -0.2) is 24.3 Å². The van der Waals surface area contributed by atoms with E-state index in [2.05, 4.69) is 23.7 Å². The van der Waals surface area contributed by atoms with Gasteiger partial charge in [-0.05, 0) is 30.4 Å². The topological polar surface area (TPSA) is 32.3 Å². The largest absolute Gasteiger partial charge is 0.388 e. The second-order valence-electron chi connectivity index (χ2n) is 3.77. The van der Waals surface area contributed by atoms with E-state index >= 15 is 0 Å². The molecule has 3 heteroatoms. The van der Waals surface area contributed by atoms with Crippen molar-refractivity contribution in [3.63, 3.8) is 0 Å². The van der Waals surface area contributed by atoms with Crippen LogP contribution in [0.25, 0.3) is 0 Å². The van der Waals surface area contributed by atoms with Crippen LogP contribution >= 0.6 is 11.3 Å². The van der Waals surface area contributed by atoms with Gasteiger partial charge < -0.3 is 10.4 Å². The third kappa shape index (κ3) is 2.44. The minimum Gasteiger partial charge on any atom is -0.388 e. The molecule has 0 radical (unpaired) electrons. The Morgan fingerprint density at radius 3 is 3.14 bits per heavy atom. The Hall–Kier alpha value is -0.640. The first-order chi connectivity index (χ1) is 6.74. The van der Waals surface area contributed by atoms with Gasteiger partial charge in [-0.2, -0.15) is 0 Å². The lowest BCUT2D eigenvalue weighted by Gasteiger charge is -2.18. The molecule has 14 heavy (non-hydrogen) atoms. The number of β-amino-alcohol motifs (C(OH)–C–C–N with tert-alkyl or cyclic N) is 1. The summed E-state index contributed by atoms with van der Waals surface area (Å²) in [6, 6.07) is 2.21. The number of nitrogens with one attached hydrogen (secondary N) is 1. The fourth-order valence-corrected chi connectivity index (χ4v) is 2.45. The van der Waals surface area contributed by atoms with Crippen molar-refractivity contribution in [2.75, 3.05) is 13.1 Å². The highest BCUT2D eigenvalue weighted by Crippen LogP contribution is 2.17. The minimum atomic E-state index is -0.307. The zero-order chi connectivity index (χ0) is 9.97. The average Bonchev–Trinajstić information content (AvgIpc) is 2.51. The quantitative estimate of drug-likeness (QED) is 0.723. The van der Waals surface area contributed by atoms with Crippen molar-refractivity contribution in [1.29, 1.82) is 0 Å². The smallest absolute Gasteiger partial charge is 0.0848 e. The van der Waals surface area contributed by atoms with Gasteiger partial charge in [0.05, 0.1) is 6.10 Å². The number of aliphatic hydroxyl groups is 1. The van der Waals surface area contributed by atoms with Gasteiger partial charge in [0.25, 0.3) is 0 Å². The van der Waals surface area contributed by atoms with Crippen molar-refractivity contribution in [3.8, 4) is 0 Å². The van der Waals surface area contributed by atoms with Gasteiger partial charge in [0, 0.05) is 18.0 Å². The van der Waals surface area contributed by atoms with Gasteiger partial charge in [-0.25, -0.2) is 0 Å². The van der Waals surface area contributed by atoms with Gasteiger partial charge in [-0.3, -0.25) is 0 Å². The molecule has 0 amide bonds. The summed E-state index contributed by atoms with van der Waals surface area (Å²) in [5.41, 5.74) is 2.65. The van der Waals surface area contributed by atoms with Crippen LogP contribution in [0.3, 0.4) is 0 Å². The lowest BCUT2D eigenvalue weighted by molar-refractivity contribution is 0.213. The molecule has 1 atom stereocenters. The van der Waals surface area contributed by atoms with E-state index in [1.54, 1.807) is 11.3 Å². The maximum atomic E-state index is 9.43. The number of aliphatic hydroxyl groups excluding tert-OH is 1. The summed E-state index contributed by atoms with van der Waals surface area (Å²) < 4.78 is 0. The van der Waals surface area contributed by atoms with E-state index in [0.717, 1.165) is 13.0 Å². The van der Waals surface area contributed by atoms with E-state index in [9.17, 15) is 5.11 Å². The van der Waals surface area contributed by atoms with E-state index in [-0.39, 0.29) is 6.10 Å². The number of hydrogen-bond acceptors (Lipinski definition) is 3. The first-order valence-corrected chi connectivity index (χ1v) is 5.74. The van der Waals surface area contributed by atoms with E-state index in [0.29, 0.717) is 6.54 Å². The van der Waals surface area contributed by atoms with Crippen LogP contribution < -0.4 is 5.32 Å². The Kier molecular flexibility index (Phi) is 3.01. The molecule has 0 bridgehead atoms. The van der Waals surface area contributed by atoms with Crippen molar-refractivity contribution in [1.82, 2.24) is 5.32 Å². The van der Waals surface area contributed by atoms with Gasteiger partial charge in [0.1, 0.15) is 0 Å². The highest BCUT2D eigenvalue weighted by Gasteiger charge is 2.10. The lowest BCUT2D eigenvalue weighted by atomic mass is 10.0. The third-order valence-corrected chi connectivity index (χ3v) is 3.26. The zero-order valence-electron chi connectivity index (χ0n) is 8.29. The lowest BCUT2D eigenvalue weighted by Crippen LogP contribution is -2.32. The number of hydrogen-bond donors (Lipinski definition) is 2. The average molecular weight is 209 g/mol. The molecule has 2 heterocycles. The van der Waals surface area contributed by atoms with Crippen LogP contribution in [0, 0.1) is 6.92 Å². The van der Waals surface area contributed by atoms with Crippen LogP contribution in [0.15, 0.2) is 23.1 Å². The van der Waals surface area contributed by atoms with Crippen molar-refractivity contribution >= 4 is 11.3 Å². The molecule has 0 spiro atoms. The van der Waals surface area contributed by atoms with Crippen LogP contribution in [-0.2, 0) is 6.42 Å². The second kappa shape index (κ2) is 4.26. The van der Waals surface area contributed by atoms with Crippen molar-refractivity contribution < 1.29 is 5.11 Å². The molecule has 2 nitrogen and oxygen atoms in total. The third-order valence-electron chi connectivity index (χ3n) is 2.35. The molecule has 1 aromatic rings. The Morgan fingerprint density at radius 1 is 1.64 bits per heavy atom. The van der Waals surface area contributed by atoms with Crippen molar-refractivity contribution in [2.24, 2.45) is 0 Å². The normalized spacial score (nSPS) is 22.1. The maximum absolute atomic E-state index is 9.43. The molecule has 2 N–H and O–H groups in total. The van der Waals surface area contributed by atoms with Gasteiger partial charge in [-0.15, -0.1) is 11.3 Å². The van der Waals surface area contributed by atoms with Gasteiger partial charge in [0.2, 0.25) is 0 Å². The van der Waals surface area contributed by atoms with Gasteiger partial charge in [0.15, 0.2) is 0 Å². The Bertz CT molecular complexity index is 343. The highest BCUT2D eigenvalue weighted by atomic mass is 32.1. The molecule has 1 aliphatic heterocycles. The van der Waals surface area contributed by atoms with Gasteiger partial charge in [-0.1, -0.05) is 11.6 Å². The molecule has 0 aliphatic carbocycles. The molecule has 1 aliphatic rings. The standard InChI is InChI=1S/C11H15NOS/c1-8-2-10(7-14-8)3-9-4-11(13)6-12-5-9/h2,4,7,11-13H,3,5-6H2,1H3. The summed E-state index contributed by atoms with van der Waals surface area (Å²) in [6.07, 6.45) is 2.64. The Balaban J connectivity index is 2.03. The molecule has 0 saturated carbocycles. The highest BCUT2D eigenvalue weighted by molar-refractivity contribution is 7.10. The molecule has 2 rings (SSSR count). The van der Waals surface area contributed by atoms with Crippen LogP contribution in [0.5, 0.6) is 0 Å². The predicted molar refractivity (Wildman–Crippen MR) is 59.7 cm³/mol. The summed E-state index contributed by atoms with van der Waals surface area (Å²) in [6.45, 7) is 3.72. The number of thiophene rings is 1. The molecular formula is C11H15NOS. The molecule has 76 valence electrons. The molecule has 0 saturated heterocycles. The fraction of sp³-hybridized carbons (Fsp3) is 0.455. The SMILES string of the molecule is Cc1cc(CC2=CC(O)CNC2)cs1. The van der Waals surface area contributed by atoms with Gasteiger partial charge >= 0.3 is 0 Å². The summed E-state index contributed by atoms with van der Waals surface area (Å²) >= 11 is 1.78. The zero-order valence-corrected chi connectivity index (χ0v) is 9.10. The Labute approximate surface area is 88.3 Å². The summed E-state index contributed by atoms with van der Waals surface area (Å²) in [5, 5.41) is 14.8. The van der Waals surface area contributed by atoms with Crippen LogP contribution in [0.1, 0.15) is 10.4 Å². The summed E-state index contributed by atoms with van der Waals surface area (Å²) in [4.78, 5) is 1.35. The van der Waals surface area contributed by atoms with E-state index in [1.807, 2.05) is 6.08 Å². The molecular weight excluding hydrogens is 194 g/mol. The maximum Gasteiger partial charge on any atom is 0.0848 e. The monoisotopic (exact) mass is 209 g/mol. The van der Waals surface area contributed by atoms with Crippen LogP contribution in [0.2, 0.25) is 0 Å². The molecule has 0 fully saturated rings. The van der Waals surface area contributed by atoms with E-state index < -0.39 is 0 Å². The fourth-order valence-electron chi connectivity index (χ4n) is 1.74. The first-order valence-electron chi connectivity index (χ1n) is 4.86. The molecule has 0 aromatic carbocycles. The van der Waals surface area contributed by atoms with E-state index in [1.165, 1.54) is 16.0 Å². The first kappa shape index (κ1) is 9.90. The molecule has 1 unspecified atom stereocenters. The van der Waals surface area contributed by atoms with Crippen molar-refractivity contribution in [3.05, 3.63) is 33.5 Å². The minimum absolute atomic E-state index is 0.307. The summed E-state index contributed by atoms with van der Waals surface area (Å²) in [5.74, 6) is 0. The number of rotatable bonds is 2. The second-order valence-corrected chi connectivity index (χ2v) is 4.88. The molecule has 1 aromatic heterocycles. The number of aryl methyl sites for hydroxylation is 1. The predicted octanol–water partition coefficient (Wildman–Crippen LogP) is 1.49. The van der Waals surface area contributed by atoms with Crippen molar-refractivity contribution in [2.45, 2.75) is 19.4 Å².